The van der Waals surface area contributed by atoms with Gasteiger partial charge in [0.05, 0.1) is 5.56 Å². The van der Waals surface area contributed by atoms with Gasteiger partial charge in [-0.1, -0.05) is 25.8 Å². The van der Waals surface area contributed by atoms with Crippen molar-refractivity contribution in [1.82, 2.24) is 5.32 Å². The first-order valence-corrected chi connectivity index (χ1v) is 7.29. The first-order chi connectivity index (χ1) is 9.65. The molecule has 1 aliphatic rings. The Labute approximate surface area is 119 Å². The fourth-order valence-corrected chi connectivity index (χ4v) is 2.43. The molecule has 0 spiro atoms. The van der Waals surface area contributed by atoms with Crippen LogP contribution in [0.4, 0.5) is 0 Å². The smallest absolute Gasteiger partial charge is 0.335 e. The van der Waals surface area contributed by atoms with Gasteiger partial charge in [-0.3, -0.25) is 4.79 Å². The summed E-state index contributed by atoms with van der Waals surface area (Å²) in [4.78, 5) is 23.5. The van der Waals surface area contributed by atoms with Crippen molar-refractivity contribution in [3.8, 4) is 0 Å². The Kier molecular flexibility index (Phi) is 4.77. The summed E-state index contributed by atoms with van der Waals surface area (Å²) in [5.41, 5.74) is 1.52. The van der Waals surface area contributed by atoms with Crippen molar-refractivity contribution >= 4 is 11.9 Å². The molecule has 0 aliphatic heterocycles. The Bertz CT molecular complexity index is 506. The molecule has 4 heteroatoms. The lowest BCUT2D eigenvalue weighted by atomic mass is 9.96. The van der Waals surface area contributed by atoms with Crippen LogP contribution in [0.3, 0.4) is 0 Å². The number of nitrogens with one attached hydrogen (secondary N) is 1. The molecule has 0 heterocycles. The van der Waals surface area contributed by atoms with Crippen LogP contribution in [0.15, 0.2) is 18.2 Å². The van der Waals surface area contributed by atoms with Crippen molar-refractivity contribution < 1.29 is 14.7 Å². The van der Waals surface area contributed by atoms with Gasteiger partial charge in [0.2, 0.25) is 0 Å². The average Bonchev–Trinajstić information content (AvgIpc) is 3.27. The monoisotopic (exact) mass is 275 g/mol. The number of carboxylic acids is 1. The molecule has 0 radical (unpaired) electrons. The molecule has 1 aromatic carbocycles. The van der Waals surface area contributed by atoms with E-state index in [9.17, 15) is 14.7 Å². The van der Waals surface area contributed by atoms with E-state index in [4.69, 9.17) is 0 Å². The normalized spacial score (nSPS) is 14.1. The first kappa shape index (κ1) is 14.6. The number of carboxylic acid groups (broad SMARTS) is 1. The quantitative estimate of drug-likeness (QED) is 0.751. The van der Waals surface area contributed by atoms with E-state index in [1.165, 1.54) is 0 Å². The van der Waals surface area contributed by atoms with Gasteiger partial charge in [0, 0.05) is 12.1 Å². The summed E-state index contributed by atoms with van der Waals surface area (Å²) in [5, 5.41) is 12.2. The van der Waals surface area contributed by atoms with E-state index in [1.54, 1.807) is 18.2 Å². The zero-order valence-corrected chi connectivity index (χ0v) is 11.8. The van der Waals surface area contributed by atoms with E-state index in [1.807, 2.05) is 0 Å². The van der Waals surface area contributed by atoms with Gasteiger partial charge in [-0.2, -0.15) is 0 Å². The number of amides is 1. The number of unbranched alkanes of at least 4 members (excludes halogenated alkanes) is 2. The summed E-state index contributed by atoms with van der Waals surface area (Å²) >= 11 is 0. The molecule has 1 fully saturated rings. The lowest BCUT2D eigenvalue weighted by Crippen LogP contribution is -2.26. The summed E-state index contributed by atoms with van der Waals surface area (Å²) in [5.74, 6) is -0.864. The molecule has 1 aromatic rings. The van der Waals surface area contributed by atoms with Crippen LogP contribution in [0.1, 0.15) is 71.2 Å². The van der Waals surface area contributed by atoms with E-state index < -0.39 is 5.97 Å². The Balaban J connectivity index is 2.16. The van der Waals surface area contributed by atoms with Crippen LogP contribution >= 0.6 is 0 Å². The molecular formula is C16H21NO3. The minimum atomic E-state index is -0.951. The van der Waals surface area contributed by atoms with Gasteiger partial charge in [0.15, 0.2) is 0 Å². The number of benzene rings is 1. The Hall–Kier alpha value is -1.84. The summed E-state index contributed by atoms with van der Waals surface area (Å²) in [6.07, 6.45) is 5.10. The van der Waals surface area contributed by atoms with Crippen LogP contribution in [0.5, 0.6) is 0 Å². The lowest BCUT2D eigenvalue weighted by molar-refractivity contribution is 0.0695. The van der Waals surface area contributed by atoms with E-state index >= 15 is 0 Å². The Morgan fingerprint density at radius 3 is 2.55 bits per heavy atom. The second-order valence-corrected chi connectivity index (χ2v) is 5.31. The van der Waals surface area contributed by atoms with Gasteiger partial charge in [0.25, 0.3) is 5.91 Å². The molecular weight excluding hydrogens is 254 g/mol. The predicted octanol–water partition coefficient (Wildman–Crippen LogP) is 3.18. The van der Waals surface area contributed by atoms with E-state index in [-0.39, 0.29) is 17.4 Å². The largest absolute Gasteiger partial charge is 0.478 e. The molecule has 1 amide bonds. The van der Waals surface area contributed by atoms with Crippen LogP contribution in [0, 0.1) is 0 Å². The van der Waals surface area contributed by atoms with E-state index in [0.29, 0.717) is 17.7 Å². The molecule has 2 rings (SSSR count). The molecule has 0 aromatic heterocycles. The summed E-state index contributed by atoms with van der Waals surface area (Å²) in [6, 6.07) is 4.97. The molecule has 0 saturated heterocycles. The minimum Gasteiger partial charge on any atom is -0.478 e. The molecule has 0 bridgehead atoms. The Morgan fingerprint density at radius 2 is 1.95 bits per heavy atom. The van der Waals surface area contributed by atoms with Crippen LogP contribution < -0.4 is 5.32 Å². The van der Waals surface area contributed by atoms with E-state index in [0.717, 1.165) is 32.1 Å². The third-order valence-electron chi connectivity index (χ3n) is 3.63. The van der Waals surface area contributed by atoms with Crippen LogP contribution in [0.2, 0.25) is 0 Å². The third kappa shape index (κ3) is 3.38. The van der Waals surface area contributed by atoms with Gasteiger partial charge >= 0.3 is 5.97 Å². The zero-order chi connectivity index (χ0) is 14.5. The second kappa shape index (κ2) is 6.55. The van der Waals surface area contributed by atoms with Crippen molar-refractivity contribution in [2.45, 2.75) is 44.9 Å². The van der Waals surface area contributed by atoms with Gasteiger partial charge in [-0.05, 0) is 42.9 Å². The van der Waals surface area contributed by atoms with Gasteiger partial charge in [-0.15, -0.1) is 0 Å². The van der Waals surface area contributed by atoms with Gasteiger partial charge in [0.1, 0.15) is 0 Å². The van der Waals surface area contributed by atoms with Crippen molar-refractivity contribution in [2.75, 3.05) is 6.54 Å². The van der Waals surface area contributed by atoms with Gasteiger partial charge in [-0.25, -0.2) is 4.79 Å². The fourth-order valence-electron chi connectivity index (χ4n) is 2.43. The molecule has 2 N–H and O–H groups in total. The van der Waals surface area contributed by atoms with Crippen LogP contribution in [-0.2, 0) is 0 Å². The number of carbonyl (C=O) groups is 2. The van der Waals surface area contributed by atoms with Gasteiger partial charge < -0.3 is 10.4 Å². The predicted molar refractivity (Wildman–Crippen MR) is 77.2 cm³/mol. The second-order valence-electron chi connectivity index (χ2n) is 5.31. The molecule has 1 saturated carbocycles. The highest BCUT2D eigenvalue weighted by Crippen LogP contribution is 2.43. The van der Waals surface area contributed by atoms with Crippen LogP contribution in [-0.4, -0.2) is 23.5 Å². The maximum Gasteiger partial charge on any atom is 0.335 e. The molecule has 1 aliphatic carbocycles. The first-order valence-electron chi connectivity index (χ1n) is 7.29. The summed E-state index contributed by atoms with van der Waals surface area (Å²) < 4.78 is 0. The highest BCUT2D eigenvalue weighted by Gasteiger charge is 2.32. The van der Waals surface area contributed by atoms with Crippen molar-refractivity contribution in [1.29, 1.82) is 0 Å². The molecule has 0 atom stereocenters. The highest BCUT2D eigenvalue weighted by molar-refractivity contribution is 6.00. The molecule has 0 unspecified atom stereocenters. The van der Waals surface area contributed by atoms with Crippen molar-refractivity contribution in [2.24, 2.45) is 0 Å². The SMILES string of the molecule is CCCCCNC(=O)c1cccc(C(=O)O)c1C1CC1. The number of hydrogen-bond donors (Lipinski definition) is 2. The number of rotatable bonds is 7. The Morgan fingerprint density at radius 1 is 1.25 bits per heavy atom. The highest BCUT2D eigenvalue weighted by atomic mass is 16.4. The molecule has 108 valence electrons. The minimum absolute atomic E-state index is 0.147. The van der Waals surface area contributed by atoms with Crippen molar-refractivity contribution in [3.63, 3.8) is 0 Å². The molecule has 20 heavy (non-hydrogen) atoms. The van der Waals surface area contributed by atoms with E-state index in [2.05, 4.69) is 12.2 Å². The lowest BCUT2D eigenvalue weighted by Gasteiger charge is -2.12. The number of hydrogen-bond acceptors (Lipinski definition) is 2. The molecule has 4 nitrogen and oxygen atoms in total. The number of aromatic carboxylic acids is 1. The summed E-state index contributed by atoms with van der Waals surface area (Å²) in [6.45, 7) is 2.76. The van der Waals surface area contributed by atoms with Crippen molar-refractivity contribution in [3.05, 3.63) is 34.9 Å². The number of carbonyl (C=O) groups excluding carboxylic acids is 1. The third-order valence-corrected chi connectivity index (χ3v) is 3.63. The zero-order valence-electron chi connectivity index (χ0n) is 11.8. The average molecular weight is 275 g/mol. The maximum atomic E-state index is 12.2. The standard InChI is InChI=1S/C16H21NO3/c1-2-3-4-10-17-15(18)12-6-5-7-13(16(19)20)14(12)11-8-9-11/h5-7,11H,2-4,8-10H2,1H3,(H,17,18)(H,19,20). The topological polar surface area (TPSA) is 66.4 Å². The maximum absolute atomic E-state index is 12.2. The fraction of sp³-hybridized carbons (Fsp3) is 0.500. The summed E-state index contributed by atoms with van der Waals surface area (Å²) in [7, 11) is 0. The van der Waals surface area contributed by atoms with Crippen LogP contribution in [0.25, 0.3) is 0 Å².